The van der Waals surface area contributed by atoms with Crippen molar-refractivity contribution in [1.82, 2.24) is 14.8 Å². The minimum Gasteiger partial charge on any atom is -0.299 e. The van der Waals surface area contributed by atoms with Gasteiger partial charge in [-0.1, -0.05) is 27.7 Å². The number of benzene rings is 1. The van der Waals surface area contributed by atoms with Gasteiger partial charge in [-0.05, 0) is 23.8 Å². The highest BCUT2D eigenvalue weighted by Gasteiger charge is 2.29. The van der Waals surface area contributed by atoms with Crippen LogP contribution < -0.4 is 0 Å². The van der Waals surface area contributed by atoms with E-state index < -0.39 is 18.5 Å². The molecule has 0 amide bonds. The second kappa shape index (κ2) is 6.13. The molecule has 9 heteroatoms. The van der Waals surface area contributed by atoms with Crippen LogP contribution in [-0.4, -0.2) is 20.9 Å². The zero-order chi connectivity index (χ0) is 14.8. The van der Waals surface area contributed by atoms with Crippen LogP contribution in [0.25, 0.3) is 0 Å². The van der Waals surface area contributed by atoms with E-state index in [1.165, 1.54) is 6.07 Å². The minimum absolute atomic E-state index is 0.0988. The van der Waals surface area contributed by atoms with E-state index in [1.54, 1.807) is 12.1 Å². The van der Waals surface area contributed by atoms with E-state index in [2.05, 4.69) is 26.1 Å². The van der Waals surface area contributed by atoms with Crippen LogP contribution in [0.3, 0.4) is 0 Å². The molecule has 2 aromatic rings. The Hall–Kier alpha value is -1.09. The summed E-state index contributed by atoms with van der Waals surface area (Å²) in [5.74, 6) is -0.246. The van der Waals surface area contributed by atoms with E-state index in [-0.39, 0.29) is 10.9 Å². The first kappa shape index (κ1) is 15.3. The second-order valence-electron chi connectivity index (χ2n) is 3.88. The van der Waals surface area contributed by atoms with E-state index in [1.807, 2.05) is 0 Å². The van der Waals surface area contributed by atoms with Gasteiger partial charge in [-0.3, -0.25) is 4.57 Å². The lowest BCUT2D eigenvalue weighted by Gasteiger charge is -2.09. The predicted molar refractivity (Wildman–Crippen MR) is 69.7 cm³/mol. The number of nitrogens with zero attached hydrogens (tertiary/aromatic N) is 3. The van der Waals surface area contributed by atoms with Gasteiger partial charge in [0.25, 0.3) is 0 Å². The molecule has 1 aromatic carbocycles. The average molecular weight is 370 g/mol. The predicted octanol–water partition coefficient (Wildman–Crippen LogP) is 4.03. The van der Waals surface area contributed by atoms with Crippen molar-refractivity contribution in [3.05, 3.63) is 40.4 Å². The quantitative estimate of drug-likeness (QED) is 0.602. The van der Waals surface area contributed by atoms with Gasteiger partial charge in [-0.25, -0.2) is 4.39 Å². The highest BCUT2D eigenvalue weighted by atomic mass is 79.9. The van der Waals surface area contributed by atoms with Crippen molar-refractivity contribution >= 4 is 27.7 Å². The summed E-state index contributed by atoms with van der Waals surface area (Å²) < 4.78 is 52.1. The van der Waals surface area contributed by atoms with Crippen LogP contribution in [0.2, 0.25) is 0 Å². The molecule has 0 aliphatic rings. The van der Waals surface area contributed by atoms with Crippen LogP contribution in [0.4, 0.5) is 17.6 Å². The first-order valence-electron chi connectivity index (χ1n) is 5.36. The number of hydrogen-bond donors (Lipinski definition) is 0. The van der Waals surface area contributed by atoms with E-state index in [0.29, 0.717) is 10.0 Å². The third-order valence-electron chi connectivity index (χ3n) is 2.29. The molecule has 0 aliphatic carbocycles. The topological polar surface area (TPSA) is 30.7 Å². The zero-order valence-electron chi connectivity index (χ0n) is 9.86. The third kappa shape index (κ3) is 4.20. The monoisotopic (exact) mass is 369 g/mol. The molecule has 2 rings (SSSR count). The fourth-order valence-electron chi connectivity index (χ4n) is 1.45. The summed E-state index contributed by atoms with van der Waals surface area (Å²) >= 11 is 4.21. The number of aromatic nitrogens is 3. The molecule has 1 aromatic heterocycles. The Morgan fingerprint density at radius 3 is 2.75 bits per heavy atom. The molecule has 0 saturated heterocycles. The van der Waals surface area contributed by atoms with E-state index in [0.717, 1.165) is 22.7 Å². The average Bonchev–Trinajstić information content (AvgIpc) is 2.75. The van der Waals surface area contributed by atoms with Gasteiger partial charge in [0, 0.05) is 10.2 Å². The van der Waals surface area contributed by atoms with Gasteiger partial charge < -0.3 is 0 Å². The smallest absolute Gasteiger partial charge is 0.299 e. The molecule has 0 spiro atoms. The van der Waals surface area contributed by atoms with E-state index >= 15 is 0 Å². The van der Waals surface area contributed by atoms with Gasteiger partial charge in [0.05, 0.1) is 0 Å². The van der Waals surface area contributed by atoms with Crippen molar-refractivity contribution in [2.45, 2.75) is 23.6 Å². The SMILES string of the molecule is Fc1ccc(Br)cc1CSc1nncn1CC(F)(F)F. The lowest BCUT2D eigenvalue weighted by atomic mass is 10.2. The molecule has 1 heterocycles. The van der Waals surface area contributed by atoms with Gasteiger partial charge in [-0.15, -0.1) is 10.2 Å². The highest BCUT2D eigenvalue weighted by Crippen LogP contribution is 2.26. The molecule has 3 nitrogen and oxygen atoms in total. The molecular formula is C11H8BrF4N3S. The first-order valence-corrected chi connectivity index (χ1v) is 7.14. The largest absolute Gasteiger partial charge is 0.406 e. The van der Waals surface area contributed by atoms with Gasteiger partial charge >= 0.3 is 6.18 Å². The summed E-state index contributed by atoms with van der Waals surface area (Å²) in [6.07, 6.45) is -3.34. The summed E-state index contributed by atoms with van der Waals surface area (Å²) in [5.41, 5.74) is 0.380. The lowest BCUT2D eigenvalue weighted by molar-refractivity contribution is -0.142. The normalized spacial score (nSPS) is 11.8. The molecule has 0 atom stereocenters. The lowest BCUT2D eigenvalue weighted by Crippen LogP contribution is -2.17. The Kier molecular flexibility index (Phi) is 4.69. The van der Waals surface area contributed by atoms with E-state index in [9.17, 15) is 17.6 Å². The number of thioether (sulfide) groups is 1. The molecule has 0 aliphatic heterocycles. The van der Waals surface area contributed by atoms with Gasteiger partial charge in [0.1, 0.15) is 18.7 Å². The van der Waals surface area contributed by atoms with Gasteiger partial charge in [0.15, 0.2) is 5.16 Å². The second-order valence-corrected chi connectivity index (χ2v) is 5.74. The van der Waals surface area contributed by atoms with Crippen molar-refractivity contribution in [3.63, 3.8) is 0 Å². The van der Waals surface area contributed by atoms with Crippen molar-refractivity contribution in [1.29, 1.82) is 0 Å². The maximum Gasteiger partial charge on any atom is 0.406 e. The summed E-state index contributed by atoms with van der Waals surface area (Å²) in [5, 5.41) is 7.16. The maximum atomic E-state index is 13.5. The number of hydrogen-bond acceptors (Lipinski definition) is 3. The Morgan fingerprint density at radius 1 is 1.30 bits per heavy atom. The van der Waals surface area contributed by atoms with Crippen LogP contribution >= 0.6 is 27.7 Å². The van der Waals surface area contributed by atoms with Crippen LogP contribution in [0.1, 0.15) is 5.56 Å². The molecule has 0 saturated carbocycles. The molecule has 0 N–H and O–H groups in total. The highest BCUT2D eigenvalue weighted by molar-refractivity contribution is 9.10. The van der Waals surface area contributed by atoms with Crippen molar-refractivity contribution in [3.8, 4) is 0 Å². The summed E-state index contributed by atoms with van der Waals surface area (Å²) in [6.45, 7) is -1.16. The molecular weight excluding hydrogens is 362 g/mol. The van der Waals surface area contributed by atoms with Gasteiger partial charge in [-0.2, -0.15) is 13.2 Å². The standard InChI is InChI=1S/C11H8BrF4N3S/c12-8-1-2-9(13)7(3-8)4-20-10-18-17-6-19(10)5-11(14,15)16/h1-3,6H,4-5H2. The fraction of sp³-hybridized carbons (Fsp3) is 0.273. The van der Waals surface area contributed by atoms with Crippen LogP contribution in [0.15, 0.2) is 34.2 Å². The van der Waals surface area contributed by atoms with Gasteiger partial charge in [0.2, 0.25) is 0 Å². The fourth-order valence-corrected chi connectivity index (χ4v) is 2.75. The summed E-state index contributed by atoms with van der Waals surface area (Å²) in [4.78, 5) is 0. The Bertz CT molecular complexity index is 600. The molecule has 108 valence electrons. The summed E-state index contributed by atoms with van der Waals surface area (Å²) in [7, 11) is 0. The Morgan fingerprint density at radius 2 is 2.05 bits per heavy atom. The maximum absolute atomic E-state index is 13.5. The van der Waals surface area contributed by atoms with E-state index in [4.69, 9.17) is 0 Å². The minimum atomic E-state index is -4.35. The third-order valence-corrected chi connectivity index (χ3v) is 3.82. The molecule has 20 heavy (non-hydrogen) atoms. The first-order chi connectivity index (χ1) is 9.35. The molecule has 0 unspecified atom stereocenters. The van der Waals surface area contributed by atoms with Crippen LogP contribution in [0.5, 0.6) is 0 Å². The Balaban J connectivity index is 2.08. The molecule has 0 radical (unpaired) electrons. The van der Waals surface area contributed by atoms with Crippen molar-refractivity contribution in [2.75, 3.05) is 0 Å². The number of halogens is 5. The zero-order valence-corrected chi connectivity index (χ0v) is 12.3. The van der Waals surface area contributed by atoms with Crippen molar-refractivity contribution in [2.24, 2.45) is 0 Å². The summed E-state index contributed by atoms with van der Waals surface area (Å²) in [6, 6.07) is 4.42. The molecule has 0 fully saturated rings. The molecule has 0 bridgehead atoms. The number of alkyl halides is 3. The Labute approximate surface area is 124 Å². The van der Waals surface area contributed by atoms with Crippen LogP contribution in [-0.2, 0) is 12.3 Å². The van der Waals surface area contributed by atoms with Crippen LogP contribution in [0, 0.1) is 5.82 Å². The van der Waals surface area contributed by atoms with Crippen molar-refractivity contribution < 1.29 is 17.6 Å². The number of rotatable bonds is 4.